The van der Waals surface area contributed by atoms with Gasteiger partial charge in [0.15, 0.2) is 0 Å². The molecule has 2 N–H and O–H groups in total. The minimum Gasteiger partial charge on any atom is -0.506 e. The highest BCUT2D eigenvalue weighted by atomic mass is 35.5. The molecule has 122 valence electrons. The molecule has 2 aromatic heterocycles. The van der Waals surface area contributed by atoms with Gasteiger partial charge in [0, 0.05) is 18.4 Å². The standard InChI is InChI=1S/C18H16ClN3O2/c19-13-7-3-5-12(16(13)23)17-21-15(11-6-4-9-20-18(11)24)14-8-1-2-10-22(14)17/h3-7,9,23H,1-2,8,10H2,(H,20,24). The SMILES string of the molecule is O=c1[nH]cccc1-c1nc(-c2cccc(Cl)c2O)n2c1CCCC2. The fourth-order valence-electron chi connectivity index (χ4n) is 3.27. The Kier molecular flexibility index (Phi) is 3.65. The molecular weight excluding hydrogens is 326 g/mol. The molecule has 6 heteroatoms. The van der Waals surface area contributed by atoms with Crippen LogP contribution in [0.15, 0.2) is 41.3 Å². The Morgan fingerprint density at radius 3 is 2.83 bits per heavy atom. The van der Waals surface area contributed by atoms with Crippen molar-refractivity contribution in [2.75, 3.05) is 0 Å². The molecule has 0 saturated heterocycles. The number of benzene rings is 1. The summed E-state index contributed by atoms with van der Waals surface area (Å²) >= 11 is 6.05. The topological polar surface area (TPSA) is 70.9 Å². The number of hydrogen-bond donors (Lipinski definition) is 2. The van der Waals surface area contributed by atoms with E-state index in [0.29, 0.717) is 27.7 Å². The molecule has 1 aromatic carbocycles. The van der Waals surface area contributed by atoms with Crippen LogP contribution in [-0.2, 0) is 13.0 Å². The molecule has 0 unspecified atom stereocenters. The Balaban J connectivity index is 1.99. The van der Waals surface area contributed by atoms with Gasteiger partial charge in [-0.1, -0.05) is 17.7 Å². The van der Waals surface area contributed by atoms with Gasteiger partial charge in [-0.15, -0.1) is 0 Å². The summed E-state index contributed by atoms with van der Waals surface area (Å²) in [5.74, 6) is 0.675. The van der Waals surface area contributed by atoms with Crippen LogP contribution in [0, 0.1) is 0 Å². The largest absolute Gasteiger partial charge is 0.506 e. The van der Waals surface area contributed by atoms with E-state index in [0.717, 1.165) is 31.5 Å². The first kappa shape index (κ1) is 15.0. The molecule has 0 amide bonds. The normalized spacial score (nSPS) is 13.7. The molecule has 4 rings (SSSR count). The minimum atomic E-state index is -0.161. The monoisotopic (exact) mass is 341 g/mol. The molecule has 5 nitrogen and oxygen atoms in total. The Bertz CT molecular complexity index is 975. The number of nitrogens with one attached hydrogen (secondary N) is 1. The number of para-hydroxylation sites is 1. The number of H-pyrrole nitrogens is 1. The summed E-state index contributed by atoms with van der Waals surface area (Å²) in [6.45, 7) is 0.814. The second kappa shape index (κ2) is 5.83. The van der Waals surface area contributed by atoms with Gasteiger partial charge >= 0.3 is 0 Å². The van der Waals surface area contributed by atoms with Crippen LogP contribution in [0.1, 0.15) is 18.5 Å². The number of hydrogen-bond acceptors (Lipinski definition) is 3. The van der Waals surface area contributed by atoms with Crippen molar-refractivity contribution in [2.24, 2.45) is 0 Å². The van der Waals surface area contributed by atoms with Crippen LogP contribution >= 0.6 is 11.6 Å². The zero-order valence-corrected chi connectivity index (χ0v) is 13.7. The van der Waals surface area contributed by atoms with Crippen molar-refractivity contribution in [3.05, 3.63) is 57.6 Å². The average molecular weight is 342 g/mol. The zero-order chi connectivity index (χ0) is 16.7. The molecule has 24 heavy (non-hydrogen) atoms. The lowest BCUT2D eigenvalue weighted by molar-refractivity contribution is 0.475. The van der Waals surface area contributed by atoms with Crippen molar-refractivity contribution >= 4 is 11.6 Å². The van der Waals surface area contributed by atoms with Crippen LogP contribution in [-0.4, -0.2) is 19.6 Å². The highest BCUT2D eigenvalue weighted by Gasteiger charge is 2.24. The van der Waals surface area contributed by atoms with E-state index in [1.165, 1.54) is 0 Å². The molecule has 1 aliphatic rings. The highest BCUT2D eigenvalue weighted by molar-refractivity contribution is 6.32. The first-order valence-corrected chi connectivity index (χ1v) is 8.30. The second-order valence-corrected chi connectivity index (χ2v) is 6.30. The molecule has 0 saturated carbocycles. The maximum absolute atomic E-state index is 12.2. The number of phenolic OH excluding ortho intramolecular Hbond substituents is 1. The van der Waals surface area contributed by atoms with Crippen LogP contribution < -0.4 is 5.56 Å². The maximum Gasteiger partial charge on any atom is 0.257 e. The van der Waals surface area contributed by atoms with E-state index >= 15 is 0 Å². The van der Waals surface area contributed by atoms with Crippen LogP contribution in [0.5, 0.6) is 5.75 Å². The lowest BCUT2D eigenvalue weighted by Crippen LogP contribution is -2.13. The van der Waals surface area contributed by atoms with Gasteiger partial charge in [0.05, 0.1) is 21.8 Å². The first-order chi connectivity index (χ1) is 11.7. The van der Waals surface area contributed by atoms with E-state index in [1.807, 2.05) is 0 Å². The predicted octanol–water partition coefficient (Wildman–Crippen LogP) is 3.60. The summed E-state index contributed by atoms with van der Waals surface area (Å²) < 4.78 is 2.09. The Morgan fingerprint density at radius 1 is 1.17 bits per heavy atom. The molecule has 3 heterocycles. The van der Waals surface area contributed by atoms with Gasteiger partial charge in [-0.2, -0.15) is 0 Å². The van der Waals surface area contributed by atoms with Gasteiger partial charge in [0.1, 0.15) is 11.6 Å². The Labute approximate surface area is 143 Å². The van der Waals surface area contributed by atoms with Gasteiger partial charge in [0.25, 0.3) is 5.56 Å². The molecule has 0 bridgehead atoms. The molecular formula is C18H16ClN3O2. The van der Waals surface area contributed by atoms with E-state index in [9.17, 15) is 9.90 Å². The number of nitrogens with zero attached hydrogens (tertiary/aromatic N) is 2. The number of rotatable bonds is 2. The number of imidazole rings is 1. The quantitative estimate of drug-likeness (QED) is 0.748. The summed E-state index contributed by atoms with van der Waals surface area (Å²) in [7, 11) is 0. The highest BCUT2D eigenvalue weighted by Crippen LogP contribution is 2.38. The first-order valence-electron chi connectivity index (χ1n) is 7.92. The number of aromatic nitrogens is 3. The van der Waals surface area contributed by atoms with Crippen LogP contribution in [0.2, 0.25) is 5.02 Å². The lowest BCUT2D eigenvalue weighted by atomic mass is 10.0. The van der Waals surface area contributed by atoms with E-state index < -0.39 is 0 Å². The van der Waals surface area contributed by atoms with Gasteiger partial charge in [-0.25, -0.2) is 4.98 Å². The zero-order valence-electron chi connectivity index (χ0n) is 12.9. The van der Waals surface area contributed by atoms with Gasteiger partial charge in [-0.3, -0.25) is 4.79 Å². The number of aromatic hydroxyl groups is 1. The molecule has 0 fully saturated rings. The molecule has 3 aromatic rings. The third kappa shape index (κ3) is 2.32. The van der Waals surface area contributed by atoms with Crippen molar-refractivity contribution in [3.8, 4) is 28.4 Å². The van der Waals surface area contributed by atoms with Gasteiger partial charge < -0.3 is 14.7 Å². The van der Waals surface area contributed by atoms with E-state index in [-0.39, 0.29) is 11.3 Å². The fourth-order valence-corrected chi connectivity index (χ4v) is 3.44. The Morgan fingerprint density at radius 2 is 2.00 bits per heavy atom. The second-order valence-electron chi connectivity index (χ2n) is 5.89. The molecule has 0 radical (unpaired) electrons. The number of halogens is 1. The van der Waals surface area contributed by atoms with E-state index in [1.54, 1.807) is 36.5 Å². The predicted molar refractivity (Wildman–Crippen MR) is 93.3 cm³/mol. The smallest absolute Gasteiger partial charge is 0.257 e. The number of aromatic amines is 1. The third-order valence-electron chi connectivity index (χ3n) is 4.42. The minimum absolute atomic E-state index is 0.0195. The van der Waals surface area contributed by atoms with Crippen molar-refractivity contribution in [1.29, 1.82) is 0 Å². The molecule has 0 spiro atoms. The van der Waals surface area contributed by atoms with Crippen molar-refractivity contribution in [3.63, 3.8) is 0 Å². The fraction of sp³-hybridized carbons (Fsp3) is 0.222. The van der Waals surface area contributed by atoms with Gasteiger partial charge in [0.2, 0.25) is 0 Å². The van der Waals surface area contributed by atoms with Crippen molar-refractivity contribution < 1.29 is 5.11 Å². The van der Waals surface area contributed by atoms with Crippen LogP contribution in [0.25, 0.3) is 22.6 Å². The molecule has 0 atom stereocenters. The Hall–Kier alpha value is -2.53. The molecule has 1 aliphatic heterocycles. The average Bonchev–Trinajstić information content (AvgIpc) is 2.97. The summed E-state index contributed by atoms with van der Waals surface area (Å²) in [5.41, 5.74) is 2.70. The van der Waals surface area contributed by atoms with Gasteiger partial charge in [-0.05, 0) is 43.5 Å². The van der Waals surface area contributed by atoms with Crippen molar-refractivity contribution in [1.82, 2.24) is 14.5 Å². The third-order valence-corrected chi connectivity index (χ3v) is 4.72. The van der Waals surface area contributed by atoms with Crippen molar-refractivity contribution in [2.45, 2.75) is 25.8 Å². The summed E-state index contributed by atoms with van der Waals surface area (Å²) in [6.07, 6.45) is 4.57. The number of fused-ring (bicyclic) bond motifs is 1. The van der Waals surface area contributed by atoms with Crippen LogP contribution in [0.4, 0.5) is 0 Å². The number of phenols is 1. The lowest BCUT2D eigenvalue weighted by Gasteiger charge is -2.18. The summed E-state index contributed by atoms with van der Waals surface area (Å²) in [6, 6.07) is 8.80. The summed E-state index contributed by atoms with van der Waals surface area (Å²) in [5, 5.41) is 10.6. The molecule has 0 aliphatic carbocycles. The van der Waals surface area contributed by atoms with E-state index in [2.05, 4.69) is 9.55 Å². The maximum atomic E-state index is 12.2. The van der Waals surface area contributed by atoms with Crippen LogP contribution in [0.3, 0.4) is 0 Å². The van der Waals surface area contributed by atoms with E-state index in [4.69, 9.17) is 16.6 Å². The summed E-state index contributed by atoms with van der Waals surface area (Å²) in [4.78, 5) is 19.6. The number of pyridine rings is 1.